The third kappa shape index (κ3) is 3.71. The largest absolute Gasteiger partial charge is 0.336 e. The molecule has 9 heteroatoms. The molecule has 0 unspecified atom stereocenters. The second kappa shape index (κ2) is 7.77. The van der Waals surface area contributed by atoms with Crippen molar-refractivity contribution in [3.63, 3.8) is 0 Å². The van der Waals surface area contributed by atoms with Gasteiger partial charge in [-0.05, 0) is 24.6 Å². The predicted molar refractivity (Wildman–Crippen MR) is 92.8 cm³/mol. The molecule has 0 aromatic carbocycles. The fraction of sp³-hybridized carbons (Fsp3) is 0.353. The summed E-state index contributed by atoms with van der Waals surface area (Å²) in [7, 11) is 0. The van der Waals surface area contributed by atoms with Crippen LogP contribution in [0.4, 0.5) is 4.79 Å². The van der Waals surface area contributed by atoms with Crippen LogP contribution in [0, 0.1) is 0 Å². The van der Waals surface area contributed by atoms with Gasteiger partial charge in [0.25, 0.3) is 0 Å². The Bertz CT molecular complexity index is 804. The van der Waals surface area contributed by atoms with E-state index >= 15 is 0 Å². The SMILES string of the molecule is CCN1CCN(C(=O)NCCn2cc(-c3ccncc3)cn2)C(=O)C1=O. The predicted octanol–water partition coefficient (Wildman–Crippen LogP) is 0.345. The van der Waals surface area contributed by atoms with E-state index in [2.05, 4.69) is 15.4 Å². The molecule has 1 aliphatic rings. The Balaban J connectivity index is 1.51. The molecular formula is C17H20N6O3. The van der Waals surface area contributed by atoms with Crippen LogP contribution in [0.5, 0.6) is 0 Å². The monoisotopic (exact) mass is 356 g/mol. The van der Waals surface area contributed by atoms with Gasteiger partial charge in [-0.1, -0.05) is 0 Å². The van der Waals surface area contributed by atoms with Gasteiger partial charge in [-0.25, -0.2) is 4.79 Å². The van der Waals surface area contributed by atoms with Gasteiger partial charge < -0.3 is 10.2 Å². The van der Waals surface area contributed by atoms with E-state index in [0.29, 0.717) is 26.2 Å². The van der Waals surface area contributed by atoms with Gasteiger partial charge in [0.15, 0.2) is 0 Å². The lowest BCUT2D eigenvalue weighted by molar-refractivity contribution is -0.153. The number of hydrogen-bond donors (Lipinski definition) is 1. The number of urea groups is 1. The molecule has 1 aliphatic heterocycles. The summed E-state index contributed by atoms with van der Waals surface area (Å²) in [5.41, 5.74) is 1.96. The third-order valence-corrected chi connectivity index (χ3v) is 4.20. The van der Waals surface area contributed by atoms with Gasteiger partial charge in [-0.15, -0.1) is 0 Å². The number of nitrogens with zero attached hydrogens (tertiary/aromatic N) is 5. The quantitative estimate of drug-likeness (QED) is 0.779. The zero-order valence-electron chi connectivity index (χ0n) is 14.5. The van der Waals surface area contributed by atoms with Crippen molar-refractivity contribution in [2.45, 2.75) is 13.5 Å². The minimum absolute atomic E-state index is 0.207. The lowest BCUT2D eigenvalue weighted by Gasteiger charge is -2.31. The first kappa shape index (κ1) is 17.6. The number of pyridine rings is 1. The number of imide groups is 1. The number of rotatable bonds is 5. The molecule has 0 saturated carbocycles. The van der Waals surface area contributed by atoms with Crippen molar-refractivity contribution in [3.05, 3.63) is 36.9 Å². The summed E-state index contributed by atoms with van der Waals surface area (Å²) in [6, 6.07) is 3.23. The molecule has 4 amide bonds. The van der Waals surface area contributed by atoms with Crippen molar-refractivity contribution in [3.8, 4) is 11.1 Å². The zero-order valence-corrected chi connectivity index (χ0v) is 14.5. The van der Waals surface area contributed by atoms with Crippen molar-refractivity contribution in [2.24, 2.45) is 0 Å². The Morgan fingerprint density at radius 3 is 2.65 bits per heavy atom. The molecule has 136 valence electrons. The van der Waals surface area contributed by atoms with Crippen LogP contribution in [0.3, 0.4) is 0 Å². The average molecular weight is 356 g/mol. The van der Waals surface area contributed by atoms with Crippen LogP contribution in [-0.2, 0) is 16.1 Å². The molecule has 1 N–H and O–H groups in total. The molecule has 3 rings (SSSR count). The van der Waals surface area contributed by atoms with Crippen molar-refractivity contribution >= 4 is 17.8 Å². The van der Waals surface area contributed by atoms with E-state index in [1.807, 2.05) is 18.3 Å². The maximum absolute atomic E-state index is 12.2. The molecule has 0 aliphatic carbocycles. The Morgan fingerprint density at radius 2 is 1.92 bits per heavy atom. The number of likely N-dealkylation sites (N-methyl/N-ethyl adjacent to an activating group) is 1. The van der Waals surface area contributed by atoms with Gasteiger partial charge in [-0.3, -0.25) is 24.2 Å². The molecular weight excluding hydrogens is 336 g/mol. The normalized spacial score (nSPS) is 14.7. The Hall–Kier alpha value is -3.23. The first-order valence-electron chi connectivity index (χ1n) is 8.41. The Morgan fingerprint density at radius 1 is 1.15 bits per heavy atom. The standard InChI is InChI=1S/C17H20N6O3/c1-2-21-9-10-23(16(25)15(21)24)17(26)19-7-8-22-12-14(11-20-22)13-3-5-18-6-4-13/h3-6,11-12H,2,7-10H2,1H3,(H,19,26). The third-order valence-electron chi connectivity index (χ3n) is 4.20. The van der Waals surface area contributed by atoms with E-state index in [4.69, 9.17) is 0 Å². The van der Waals surface area contributed by atoms with Crippen molar-refractivity contribution in [1.82, 2.24) is 29.9 Å². The highest BCUT2D eigenvalue weighted by Crippen LogP contribution is 2.16. The first-order valence-corrected chi connectivity index (χ1v) is 8.41. The minimum atomic E-state index is -0.783. The van der Waals surface area contributed by atoms with Gasteiger partial charge >= 0.3 is 17.8 Å². The summed E-state index contributed by atoms with van der Waals surface area (Å²) in [4.78, 5) is 42.3. The van der Waals surface area contributed by atoms with E-state index < -0.39 is 17.8 Å². The average Bonchev–Trinajstić information content (AvgIpc) is 3.13. The van der Waals surface area contributed by atoms with Gasteiger partial charge in [0.05, 0.1) is 12.7 Å². The Kier molecular flexibility index (Phi) is 5.26. The fourth-order valence-corrected chi connectivity index (χ4v) is 2.72. The van der Waals surface area contributed by atoms with Crippen LogP contribution in [0.2, 0.25) is 0 Å². The number of carbonyl (C=O) groups excluding carboxylic acids is 3. The molecule has 3 heterocycles. The number of nitrogens with one attached hydrogen (secondary N) is 1. The van der Waals surface area contributed by atoms with Crippen LogP contribution in [0.15, 0.2) is 36.9 Å². The van der Waals surface area contributed by atoms with Crippen LogP contribution in [0.25, 0.3) is 11.1 Å². The lowest BCUT2D eigenvalue weighted by atomic mass is 10.1. The van der Waals surface area contributed by atoms with E-state index in [0.717, 1.165) is 16.0 Å². The fourth-order valence-electron chi connectivity index (χ4n) is 2.72. The summed E-state index contributed by atoms with van der Waals surface area (Å²) in [6.45, 7) is 3.57. The number of aromatic nitrogens is 3. The highest BCUT2D eigenvalue weighted by atomic mass is 16.2. The first-order chi connectivity index (χ1) is 12.6. The van der Waals surface area contributed by atoms with Crippen LogP contribution >= 0.6 is 0 Å². The van der Waals surface area contributed by atoms with Gasteiger partial charge in [-0.2, -0.15) is 5.10 Å². The molecule has 0 atom stereocenters. The summed E-state index contributed by atoms with van der Waals surface area (Å²) in [5, 5.41) is 6.91. The molecule has 0 spiro atoms. The maximum atomic E-state index is 12.2. The summed E-state index contributed by atoms with van der Waals surface area (Å²) in [6.07, 6.45) is 7.03. The molecule has 1 fully saturated rings. The highest BCUT2D eigenvalue weighted by molar-refractivity contribution is 6.38. The topological polar surface area (TPSA) is 100 Å². The molecule has 0 bridgehead atoms. The highest BCUT2D eigenvalue weighted by Gasteiger charge is 2.35. The Labute approximate surface area is 150 Å². The summed E-state index contributed by atoms with van der Waals surface area (Å²) < 4.78 is 1.71. The van der Waals surface area contributed by atoms with Crippen molar-refractivity contribution in [1.29, 1.82) is 0 Å². The minimum Gasteiger partial charge on any atom is -0.336 e. The van der Waals surface area contributed by atoms with Gasteiger partial charge in [0.1, 0.15) is 0 Å². The van der Waals surface area contributed by atoms with E-state index in [9.17, 15) is 14.4 Å². The molecule has 0 radical (unpaired) electrons. The summed E-state index contributed by atoms with van der Waals surface area (Å²) >= 11 is 0. The van der Waals surface area contributed by atoms with E-state index in [1.165, 1.54) is 4.90 Å². The van der Waals surface area contributed by atoms with Crippen LogP contribution in [-0.4, -0.2) is 68.6 Å². The number of hydrogen-bond acceptors (Lipinski definition) is 5. The van der Waals surface area contributed by atoms with E-state index in [-0.39, 0.29) is 6.54 Å². The number of piperazine rings is 1. The second-order valence-corrected chi connectivity index (χ2v) is 5.80. The van der Waals surface area contributed by atoms with Gasteiger partial charge in [0.2, 0.25) is 0 Å². The van der Waals surface area contributed by atoms with Gasteiger partial charge in [0, 0.05) is 50.3 Å². The lowest BCUT2D eigenvalue weighted by Crippen LogP contribution is -2.58. The maximum Gasteiger partial charge on any atom is 0.324 e. The van der Waals surface area contributed by atoms with Crippen LogP contribution < -0.4 is 5.32 Å². The number of carbonyl (C=O) groups is 3. The van der Waals surface area contributed by atoms with E-state index in [1.54, 1.807) is 30.2 Å². The number of amides is 4. The van der Waals surface area contributed by atoms with Crippen molar-refractivity contribution < 1.29 is 14.4 Å². The summed E-state index contributed by atoms with van der Waals surface area (Å²) in [5.74, 6) is -1.42. The smallest absolute Gasteiger partial charge is 0.324 e. The zero-order chi connectivity index (χ0) is 18.5. The molecule has 9 nitrogen and oxygen atoms in total. The van der Waals surface area contributed by atoms with Crippen LogP contribution in [0.1, 0.15) is 6.92 Å². The molecule has 26 heavy (non-hydrogen) atoms. The molecule has 2 aromatic rings. The molecule has 1 saturated heterocycles. The van der Waals surface area contributed by atoms with Crippen molar-refractivity contribution in [2.75, 3.05) is 26.2 Å². The second-order valence-electron chi connectivity index (χ2n) is 5.80. The molecule has 2 aromatic heterocycles.